The van der Waals surface area contributed by atoms with Crippen LogP contribution in [0.25, 0.3) is 82.5 Å². The van der Waals surface area contributed by atoms with E-state index in [0.29, 0.717) is 5.39 Å². The summed E-state index contributed by atoms with van der Waals surface area (Å²) in [6.45, 7) is 0. The van der Waals surface area contributed by atoms with E-state index >= 15 is 0 Å². The van der Waals surface area contributed by atoms with E-state index in [1.807, 2.05) is 48.5 Å². The zero-order valence-electron chi connectivity index (χ0n) is 22.4. The second-order valence-corrected chi connectivity index (χ2v) is 10.8. The van der Waals surface area contributed by atoms with Crippen molar-refractivity contribution in [1.82, 2.24) is 9.38 Å². The van der Waals surface area contributed by atoms with Crippen molar-refractivity contribution in [3.05, 3.63) is 144 Å². The summed E-state index contributed by atoms with van der Waals surface area (Å²) in [5.41, 5.74) is 10.1. The van der Waals surface area contributed by atoms with Gasteiger partial charge in [-0.1, -0.05) is 97.1 Å². The Morgan fingerprint density at radius 3 is 2.05 bits per heavy atom. The second-order valence-electron chi connectivity index (χ2n) is 10.8. The van der Waals surface area contributed by atoms with Gasteiger partial charge in [0.1, 0.15) is 17.5 Å². The molecule has 0 N–H and O–H groups in total. The molecule has 0 spiro atoms. The van der Waals surface area contributed by atoms with E-state index in [0.717, 1.165) is 66.0 Å². The molecule has 0 saturated heterocycles. The Kier molecular flexibility index (Phi) is 4.73. The summed E-state index contributed by atoms with van der Waals surface area (Å²) >= 11 is 0. The number of hydrogen-bond acceptors (Lipinski definition) is 3. The number of pyridine rings is 1. The van der Waals surface area contributed by atoms with E-state index in [4.69, 9.17) is 4.42 Å². The number of rotatable bonds is 3. The number of benzene rings is 6. The van der Waals surface area contributed by atoms with Crippen molar-refractivity contribution in [2.45, 2.75) is 0 Å². The van der Waals surface area contributed by atoms with Gasteiger partial charge in [-0.15, -0.1) is 0 Å². The summed E-state index contributed by atoms with van der Waals surface area (Å²) in [5.74, 6) is 0. The predicted octanol–water partition coefficient (Wildman–Crippen LogP) is 9.34. The SMILES string of the molecule is O=c1c2ccccc2c2c(-c3cccc4oc5ccc(-c6ccc(-c7ccccc7)cc6)cc5c34)ccc3ncn1c32. The Balaban J connectivity index is 1.29. The van der Waals surface area contributed by atoms with Gasteiger partial charge in [0.15, 0.2) is 0 Å². The maximum Gasteiger partial charge on any atom is 0.264 e. The molecule has 0 saturated carbocycles. The highest BCUT2D eigenvalue weighted by Gasteiger charge is 2.20. The molecule has 42 heavy (non-hydrogen) atoms. The van der Waals surface area contributed by atoms with Gasteiger partial charge in [0.05, 0.1) is 11.0 Å². The lowest BCUT2D eigenvalue weighted by Gasteiger charge is -2.12. The summed E-state index contributed by atoms with van der Waals surface area (Å²) < 4.78 is 8.06. The highest BCUT2D eigenvalue weighted by atomic mass is 16.3. The summed E-state index contributed by atoms with van der Waals surface area (Å²) in [4.78, 5) is 17.9. The minimum Gasteiger partial charge on any atom is -0.456 e. The van der Waals surface area contributed by atoms with E-state index in [1.165, 1.54) is 11.1 Å². The van der Waals surface area contributed by atoms with Gasteiger partial charge in [-0.05, 0) is 69.1 Å². The minimum absolute atomic E-state index is 0.0485. The summed E-state index contributed by atoms with van der Waals surface area (Å²) in [6, 6.07) is 43.7. The van der Waals surface area contributed by atoms with Gasteiger partial charge < -0.3 is 4.42 Å². The standard InChI is InChI=1S/C38H22N2O2/c41-38-30-10-5-4-9-28(30)36-29(18-19-32-37(36)40(38)22-39-32)27-11-6-12-34-35(27)31-21-26(17-20-33(31)42-34)25-15-13-24(14-16-25)23-7-2-1-3-8-23/h1-22H. The quantitative estimate of drug-likeness (QED) is 0.211. The van der Waals surface area contributed by atoms with Crippen LogP contribution in [0.1, 0.15) is 0 Å². The molecule has 0 fully saturated rings. The lowest BCUT2D eigenvalue weighted by atomic mass is 9.92. The number of nitrogens with zero attached hydrogens (tertiary/aromatic N) is 2. The monoisotopic (exact) mass is 538 g/mol. The van der Waals surface area contributed by atoms with Gasteiger partial charge in [-0.3, -0.25) is 9.20 Å². The van der Waals surface area contributed by atoms with Gasteiger partial charge in [-0.2, -0.15) is 0 Å². The molecule has 0 unspecified atom stereocenters. The molecular weight excluding hydrogens is 516 g/mol. The van der Waals surface area contributed by atoms with Crippen LogP contribution >= 0.6 is 0 Å². The molecule has 3 heterocycles. The molecule has 0 bridgehead atoms. The fourth-order valence-corrected chi connectivity index (χ4v) is 6.49. The Hall–Kier alpha value is -5.74. The summed E-state index contributed by atoms with van der Waals surface area (Å²) in [5, 5.41) is 4.76. The van der Waals surface area contributed by atoms with Crippen molar-refractivity contribution in [2.24, 2.45) is 0 Å². The summed E-state index contributed by atoms with van der Waals surface area (Å²) in [6.07, 6.45) is 1.64. The van der Waals surface area contributed by atoms with Gasteiger partial charge in [0.25, 0.3) is 5.56 Å². The van der Waals surface area contributed by atoms with Crippen LogP contribution in [-0.4, -0.2) is 9.38 Å². The van der Waals surface area contributed by atoms with Crippen molar-refractivity contribution >= 4 is 49.1 Å². The van der Waals surface area contributed by atoms with Gasteiger partial charge in [-0.25, -0.2) is 4.98 Å². The van der Waals surface area contributed by atoms with Gasteiger partial charge >= 0.3 is 0 Å². The molecule has 0 radical (unpaired) electrons. The maximum absolute atomic E-state index is 13.3. The average Bonchev–Trinajstić information content (AvgIpc) is 3.66. The summed E-state index contributed by atoms with van der Waals surface area (Å²) in [7, 11) is 0. The molecule has 0 atom stereocenters. The van der Waals surface area contributed by atoms with E-state index in [1.54, 1.807) is 10.7 Å². The smallest absolute Gasteiger partial charge is 0.264 e. The molecule has 6 aromatic carbocycles. The normalized spacial score (nSPS) is 11.9. The van der Waals surface area contributed by atoms with E-state index < -0.39 is 0 Å². The zero-order chi connectivity index (χ0) is 27.8. The van der Waals surface area contributed by atoms with Crippen LogP contribution in [0, 0.1) is 0 Å². The third kappa shape index (κ3) is 3.23. The Morgan fingerprint density at radius 1 is 0.524 bits per heavy atom. The molecule has 0 aliphatic carbocycles. The van der Waals surface area contributed by atoms with Crippen LogP contribution in [0.15, 0.2) is 143 Å². The topological polar surface area (TPSA) is 47.5 Å². The second kappa shape index (κ2) is 8.63. The van der Waals surface area contributed by atoms with Gasteiger partial charge in [0.2, 0.25) is 0 Å². The molecule has 196 valence electrons. The predicted molar refractivity (Wildman–Crippen MR) is 171 cm³/mol. The van der Waals surface area contributed by atoms with Crippen molar-refractivity contribution in [3.8, 4) is 33.4 Å². The first-order valence-corrected chi connectivity index (χ1v) is 14.0. The van der Waals surface area contributed by atoms with Crippen LogP contribution in [0.2, 0.25) is 0 Å². The molecule has 0 amide bonds. The first-order chi connectivity index (χ1) is 20.7. The minimum atomic E-state index is -0.0485. The largest absolute Gasteiger partial charge is 0.456 e. The van der Waals surface area contributed by atoms with Crippen molar-refractivity contribution in [2.75, 3.05) is 0 Å². The highest BCUT2D eigenvalue weighted by molar-refractivity contribution is 6.22. The highest BCUT2D eigenvalue weighted by Crippen LogP contribution is 2.42. The van der Waals surface area contributed by atoms with Crippen molar-refractivity contribution in [3.63, 3.8) is 0 Å². The van der Waals surface area contributed by atoms with E-state index in [9.17, 15) is 4.79 Å². The number of aromatic nitrogens is 2. The molecule has 3 aromatic heterocycles. The first kappa shape index (κ1) is 23.0. The lowest BCUT2D eigenvalue weighted by Crippen LogP contribution is -2.12. The molecular formula is C38H22N2O2. The maximum atomic E-state index is 13.3. The number of fused-ring (bicyclic) bond motifs is 5. The fraction of sp³-hybridized carbons (Fsp3) is 0. The first-order valence-electron chi connectivity index (χ1n) is 14.0. The Morgan fingerprint density at radius 2 is 1.21 bits per heavy atom. The fourth-order valence-electron chi connectivity index (χ4n) is 6.49. The zero-order valence-corrected chi connectivity index (χ0v) is 22.4. The van der Waals surface area contributed by atoms with Gasteiger partial charge in [0, 0.05) is 21.5 Å². The lowest BCUT2D eigenvalue weighted by molar-refractivity contribution is 0.669. The number of furan rings is 1. The third-order valence-corrected chi connectivity index (χ3v) is 8.47. The van der Waals surface area contributed by atoms with Crippen LogP contribution in [0.4, 0.5) is 0 Å². The number of hydrogen-bond donors (Lipinski definition) is 0. The molecule has 0 aliphatic heterocycles. The molecule has 0 aliphatic rings. The molecule has 9 rings (SSSR count). The Bertz CT molecular complexity index is 2520. The van der Waals surface area contributed by atoms with Crippen LogP contribution in [0.3, 0.4) is 0 Å². The van der Waals surface area contributed by atoms with Crippen LogP contribution in [0.5, 0.6) is 0 Å². The van der Waals surface area contributed by atoms with Crippen molar-refractivity contribution < 1.29 is 4.42 Å². The molecule has 9 aromatic rings. The average molecular weight is 539 g/mol. The Labute approximate surface area is 240 Å². The molecule has 4 nitrogen and oxygen atoms in total. The van der Waals surface area contributed by atoms with Crippen molar-refractivity contribution in [1.29, 1.82) is 0 Å². The van der Waals surface area contributed by atoms with E-state index in [-0.39, 0.29) is 5.56 Å². The van der Waals surface area contributed by atoms with Crippen LogP contribution in [-0.2, 0) is 0 Å². The number of imidazole rings is 1. The van der Waals surface area contributed by atoms with Crippen LogP contribution < -0.4 is 5.56 Å². The van der Waals surface area contributed by atoms with E-state index in [2.05, 4.69) is 83.8 Å². The third-order valence-electron chi connectivity index (χ3n) is 8.47. The molecule has 4 heteroatoms.